The molecule has 1 aliphatic rings. The zero-order valence-corrected chi connectivity index (χ0v) is 15.0. The van der Waals surface area contributed by atoms with Gasteiger partial charge in [-0.1, -0.05) is 36.7 Å². The van der Waals surface area contributed by atoms with E-state index in [4.69, 9.17) is 17.3 Å². The number of amides is 2. The third kappa shape index (κ3) is 3.47. The maximum absolute atomic E-state index is 12.4. The van der Waals surface area contributed by atoms with Gasteiger partial charge in [-0.25, -0.2) is 0 Å². The second-order valence-corrected chi connectivity index (χ2v) is 7.75. The summed E-state index contributed by atoms with van der Waals surface area (Å²) in [6, 6.07) is 7.24. The minimum Gasteiger partial charge on any atom is -0.365 e. The van der Waals surface area contributed by atoms with Crippen molar-refractivity contribution >= 4 is 39.8 Å². The van der Waals surface area contributed by atoms with E-state index in [1.54, 1.807) is 6.07 Å². The molecule has 4 nitrogen and oxygen atoms in total. The standard InChI is InChI=1S/C18H19ClN2O2S/c1-10-6-7-12-14(8-10)24-18(16(12)17(20)23)21-15(22)9-11-4-2-3-5-13(11)19/h2-5,10H,6-9H2,1H3,(H2,20,23)(H,21,22)/t10-/m0/s1. The molecule has 0 spiro atoms. The van der Waals surface area contributed by atoms with Crippen LogP contribution < -0.4 is 11.1 Å². The predicted octanol–water partition coefficient (Wildman–Crippen LogP) is 3.81. The molecular weight excluding hydrogens is 344 g/mol. The summed E-state index contributed by atoms with van der Waals surface area (Å²) in [7, 11) is 0. The Labute approximate surface area is 150 Å². The number of hydrogen-bond donors (Lipinski definition) is 2. The number of fused-ring (bicyclic) bond motifs is 1. The van der Waals surface area contributed by atoms with E-state index in [1.807, 2.05) is 18.2 Å². The molecule has 1 heterocycles. The Bertz CT molecular complexity index is 800. The largest absolute Gasteiger partial charge is 0.365 e. The molecule has 0 saturated heterocycles. The zero-order chi connectivity index (χ0) is 17.3. The van der Waals surface area contributed by atoms with Crippen LogP contribution in [0.2, 0.25) is 5.02 Å². The highest BCUT2D eigenvalue weighted by molar-refractivity contribution is 7.17. The second-order valence-electron chi connectivity index (χ2n) is 6.24. The molecule has 0 radical (unpaired) electrons. The summed E-state index contributed by atoms with van der Waals surface area (Å²) in [6.45, 7) is 2.20. The van der Waals surface area contributed by atoms with Crippen molar-refractivity contribution in [3.05, 3.63) is 50.9 Å². The molecule has 24 heavy (non-hydrogen) atoms. The number of primary amides is 1. The summed E-state index contributed by atoms with van der Waals surface area (Å²) < 4.78 is 0. The van der Waals surface area contributed by atoms with Crippen LogP contribution >= 0.6 is 22.9 Å². The Kier molecular flexibility index (Phi) is 4.92. The van der Waals surface area contributed by atoms with Crippen LogP contribution in [0.25, 0.3) is 0 Å². The van der Waals surface area contributed by atoms with Crippen molar-refractivity contribution in [1.82, 2.24) is 0 Å². The molecule has 1 aliphatic carbocycles. The van der Waals surface area contributed by atoms with Crippen LogP contribution in [0.4, 0.5) is 5.00 Å². The maximum Gasteiger partial charge on any atom is 0.251 e. The van der Waals surface area contributed by atoms with Crippen molar-refractivity contribution in [2.45, 2.75) is 32.6 Å². The summed E-state index contributed by atoms with van der Waals surface area (Å²) in [5.74, 6) is -0.0871. The van der Waals surface area contributed by atoms with Gasteiger partial charge in [-0.3, -0.25) is 9.59 Å². The lowest BCUT2D eigenvalue weighted by molar-refractivity contribution is -0.115. The fourth-order valence-corrected chi connectivity index (χ4v) is 4.72. The molecule has 1 aromatic carbocycles. The monoisotopic (exact) mass is 362 g/mol. The minimum atomic E-state index is -0.477. The number of benzene rings is 1. The van der Waals surface area contributed by atoms with E-state index >= 15 is 0 Å². The molecule has 1 atom stereocenters. The van der Waals surface area contributed by atoms with Gasteiger partial charge in [-0.15, -0.1) is 11.3 Å². The van der Waals surface area contributed by atoms with Crippen LogP contribution in [0.15, 0.2) is 24.3 Å². The molecule has 0 aliphatic heterocycles. The van der Waals surface area contributed by atoms with Crippen LogP contribution in [0.5, 0.6) is 0 Å². The van der Waals surface area contributed by atoms with Crippen molar-refractivity contribution in [2.75, 3.05) is 5.32 Å². The Balaban J connectivity index is 1.83. The summed E-state index contributed by atoms with van der Waals surface area (Å²) >= 11 is 7.57. The fourth-order valence-electron chi connectivity index (χ4n) is 3.09. The highest BCUT2D eigenvalue weighted by atomic mass is 35.5. The molecule has 2 amide bonds. The van der Waals surface area contributed by atoms with Crippen LogP contribution in [-0.2, 0) is 24.1 Å². The zero-order valence-electron chi connectivity index (χ0n) is 13.4. The summed E-state index contributed by atoms with van der Waals surface area (Å²) in [6.07, 6.45) is 2.97. The predicted molar refractivity (Wildman–Crippen MR) is 97.8 cm³/mol. The SMILES string of the molecule is C[C@H]1CCc2c(sc(NC(=O)Cc3ccccc3Cl)c2C(N)=O)C1. The molecule has 2 aromatic rings. The maximum atomic E-state index is 12.4. The van der Waals surface area contributed by atoms with E-state index in [9.17, 15) is 9.59 Å². The molecule has 0 fully saturated rings. The number of hydrogen-bond acceptors (Lipinski definition) is 3. The van der Waals surface area contributed by atoms with E-state index in [0.29, 0.717) is 21.5 Å². The molecule has 0 bridgehead atoms. The highest BCUT2D eigenvalue weighted by Crippen LogP contribution is 2.39. The molecule has 3 rings (SSSR count). The average molecular weight is 363 g/mol. The van der Waals surface area contributed by atoms with Gasteiger partial charge in [0.2, 0.25) is 5.91 Å². The van der Waals surface area contributed by atoms with E-state index in [2.05, 4.69) is 12.2 Å². The normalized spacial score (nSPS) is 16.5. The summed E-state index contributed by atoms with van der Waals surface area (Å²) in [5, 5.41) is 3.99. The van der Waals surface area contributed by atoms with Gasteiger partial charge in [0.15, 0.2) is 0 Å². The molecule has 0 unspecified atom stereocenters. The number of halogens is 1. The number of rotatable bonds is 4. The van der Waals surface area contributed by atoms with Gasteiger partial charge in [0, 0.05) is 9.90 Å². The number of nitrogens with two attached hydrogens (primary N) is 1. The van der Waals surface area contributed by atoms with Crippen molar-refractivity contribution in [3.8, 4) is 0 Å². The smallest absolute Gasteiger partial charge is 0.251 e. The first-order valence-electron chi connectivity index (χ1n) is 7.93. The molecule has 1 aromatic heterocycles. The van der Waals surface area contributed by atoms with Crippen molar-refractivity contribution < 1.29 is 9.59 Å². The number of thiophene rings is 1. The van der Waals surface area contributed by atoms with Gasteiger partial charge in [-0.2, -0.15) is 0 Å². The van der Waals surface area contributed by atoms with Crippen molar-refractivity contribution in [3.63, 3.8) is 0 Å². The van der Waals surface area contributed by atoms with Gasteiger partial charge in [0.05, 0.1) is 12.0 Å². The topological polar surface area (TPSA) is 72.2 Å². The van der Waals surface area contributed by atoms with Crippen molar-refractivity contribution in [1.29, 1.82) is 0 Å². The number of nitrogens with one attached hydrogen (secondary N) is 1. The average Bonchev–Trinajstić information content (AvgIpc) is 2.86. The molecule has 3 N–H and O–H groups in total. The van der Waals surface area contributed by atoms with Crippen LogP contribution in [0, 0.1) is 5.92 Å². The van der Waals surface area contributed by atoms with E-state index in [0.717, 1.165) is 35.3 Å². The minimum absolute atomic E-state index is 0.164. The van der Waals surface area contributed by atoms with E-state index in [-0.39, 0.29) is 12.3 Å². The van der Waals surface area contributed by atoms with Crippen LogP contribution in [0.3, 0.4) is 0 Å². The van der Waals surface area contributed by atoms with Gasteiger partial charge in [-0.05, 0) is 42.4 Å². The summed E-state index contributed by atoms with van der Waals surface area (Å²) in [4.78, 5) is 25.4. The quantitative estimate of drug-likeness (QED) is 0.868. The first-order valence-corrected chi connectivity index (χ1v) is 9.12. The van der Waals surface area contributed by atoms with Gasteiger partial charge < -0.3 is 11.1 Å². The Hall–Kier alpha value is -1.85. The van der Waals surface area contributed by atoms with Crippen LogP contribution in [0.1, 0.15) is 39.7 Å². The van der Waals surface area contributed by atoms with Crippen molar-refractivity contribution in [2.24, 2.45) is 11.7 Å². The first-order chi connectivity index (χ1) is 11.5. The van der Waals surface area contributed by atoms with Gasteiger partial charge in [0.25, 0.3) is 5.91 Å². The number of carbonyl (C=O) groups excluding carboxylic acids is 2. The Morgan fingerprint density at radius 1 is 1.38 bits per heavy atom. The summed E-state index contributed by atoms with van der Waals surface area (Å²) in [5.41, 5.74) is 7.82. The van der Waals surface area contributed by atoms with E-state index < -0.39 is 5.91 Å². The van der Waals surface area contributed by atoms with Crippen LogP contribution in [-0.4, -0.2) is 11.8 Å². The second kappa shape index (κ2) is 6.95. The Morgan fingerprint density at radius 3 is 2.83 bits per heavy atom. The number of anilines is 1. The highest BCUT2D eigenvalue weighted by Gasteiger charge is 2.27. The Morgan fingerprint density at radius 2 is 2.12 bits per heavy atom. The lowest BCUT2D eigenvalue weighted by atomic mass is 9.88. The third-order valence-electron chi connectivity index (χ3n) is 4.32. The fraction of sp³-hybridized carbons (Fsp3) is 0.333. The molecular formula is C18H19ClN2O2S. The van der Waals surface area contributed by atoms with Gasteiger partial charge in [0.1, 0.15) is 5.00 Å². The van der Waals surface area contributed by atoms with Gasteiger partial charge >= 0.3 is 0 Å². The number of carbonyl (C=O) groups is 2. The molecule has 126 valence electrons. The molecule has 0 saturated carbocycles. The first kappa shape index (κ1) is 17.0. The third-order valence-corrected chi connectivity index (χ3v) is 5.86. The lowest BCUT2D eigenvalue weighted by Crippen LogP contribution is -2.20. The lowest BCUT2D eigenvalue weighted by Gasteiger charge is -2.18. The van der Waals surface area contributed by atoms with E-state index in [1.165, 1.54) is 11.3 Å². The molecule has 6 heteroatoms.